The van der Waals surface area contributed by atoms with Crippen LogP contribution in [0.3, 0.4) is 0 Å². The molecular weight excluding hydrogens is 232 g/mol. The number of rotatable bonds is 8. The van der Waals surface area contributed by atoms with E-state index in [4.69, 9.17) is 0 Å². The zero-order valence-corrected chi connectivity index (χ0v) is 14.0. The number of hydrogen-bond donors (Lipinski definition) is 1. The summed E-state index contributed by atoms with van der Waals surface area (Å²) in [5.74, 6) is 0.799. The predicted molar refractivity (Wildman–Crippen MR) is 85.7 cm³/mol. The Bertz CT molecular complexity index is 224. The number of nitrogens with zero attached hydrogens (tertiary/aromatic N) is 1. The van der Waals surface area contributed by atoms with Crippen LogP contribution >= 0.6 is 0 Å². The van der Waals surface area contributed by atoms with E-state index in [-0.39, 0.29) is 5.54 Å². The standard InChI is InChI=1S/C17H36N2/c1-15(2)14-19(16-10-6-7-11-16)13-9-8-12-18-17(3,4)5/h15-16,18H,6-14H2,1-5H3. The Labute approximate surface area is 121 Å². The SMILES string of the molecule is CC(C)CN(CCCCNC(C)(C)C)C1CCCC1. The highest BCUT2D eigenvalue weighted by Crippen LogP contribution is 2.24. The van der Waals surface area contributed by atoms with E-state index in [1.54, 1.807) is 0 Å². The first-order valence-electron chi connectivity index (χ1n) is 8.37. The van der Waals surface area contributed by atoms with Crippen LogP contribution in [0.25, 0.3) is 0 Å². The van der Waals surface area contributed by atoms with Crippen LogP contribution < -0.4 is 5.32 Å². The Hall–Kier alpha value is -0.0800. The van der Waals surface area contributed by atoms with Crippen molar-refractivity contribution in [2.75, 3.05) is 19.6 Å². The van der Waals surface area contributed by atoms with Gasteiger partial charge in [0.15, 0.2) is 0 Å². The topological polar surface area (TPSA) is 15.3 Å². The summed E-state index contributed by atoms with van der Waals surface area (Å²) < 4.78 is 0. The first kappa shape index (κ1) is 17.0. The molecule has 114 valence electrons. The van der Waals surface area contributed by atoms with Gasteiger partial charge < -0.3 is 10.2 Å². The molecule has 0 amide bonds. The molecule has 1 saturated carbocycles. The van der Waals surface area contributed by atoms with Crippen molar-refractivity contribution >= 4 is 0 Å². The molecule has 1 rings (SSSR count). The van der Waals surface area contributed by atoms with E-state index in [2.05, 4.69) is 44.8 Å². The molecule has 0 aromatic rings. The van der Waals surface area contributed by atoms with Crippen molar-refractivity contribution in [1.82, 2.24) is 10.2 Å². The Kier molecular flexibility index (Phi) is 7.38. The summed E-state index contributed by atoms with van der Waals surface area (Å²) in [5, 5.41) is 3.59. The summed E-state index contributed by atoms with van der Waals surface area (Å²) in [7, 11) is 0. The molecule has 0 aliphatic heterocycles. The first-order chi connectivity index (χ1) is 8.88. The van der Waals surface area contributed by atoms with Gasteiger partial charge in [-0.05, 0) is 65.5 Å². The lowest BCUT2D eigenvalue weighted by molar-refractivity contribution is 0.173. The normalized spacial score (nSPS) is 17.8. The Morgan fingerprint density at radius 1 is 1.11 bits per heavy atom. The van der Waals surface area contributed by atoms with E-state index in [1.807, 2.05) is 0 Å². The summed E-state index contributed by atoms with van der Waals surface area (Å²) in [6, 6.07) is 0.887. The Morgan fingerprint density at radius 3 is 2.26 bits per heavy atom. The average molecular weight is 268 g/mol. The molecule has 0 spiro atoms. The molecule has 0 aromatic carbocycles. The largest absolute Gasteiger partial charge is 0.312 e. The summed E-state index contributed by atoms with van der Waals surface area (Å²) in [6.45, 7) is 15.2. The summed E-state index contributed by atoms with van der Waals surface area (Å²) in [4.78, 5) is 2.77. The van der Waals surface area contributed by atoms with Gasteiger partial charge >= 0.3 is 0 Å². The van der Waals surface area contributed by atoms with Gasteiger partial charge in [-0.25, -0.2) is 0 Å². The molecule has 0 aromatic heterocycles. The molecule has 1 aliphatic carbocycles. The van der Waals surface area contributed by atoms with Crippen molar-refractivity contribution < 1.29 is 0 Å². The smallest absolute Gasteiger partial charge is 0.00965 e. The molecule has 0 heterocycles. The zero-order valence-electron chi connectivity index (χ0n) is 14.0. The lowest BCUT2D eigenvalue weighted by atomic mass is 10.1. The van der Waals surface area contributed by atoms with E-state index in [1.165, 1.54) is 51.6 Å². The second-order valence-electron chi connectivity index (χ2n) is 7.71. The number of nitrogens with one attached hydrogen (secondary N) is 1. The molecule has 0 saturated heterocycles. The van der Waals surface area contributed by atoms with Gasteiger partial charge in [0.1, 0.15) is 0 Å². The first-order valence-corrected chi connectivity index (χ1v) is 8.37. The number of hydrogen-bond acceptors (Lipinski definition) is 2. The van der Waals surface area contributed by atoms with Gasteiger partial charge in [0, 0.05) is 18.1 Å². The van der Waals surface area contributed by atoms with Crippen LogP contribution in [0.2, 0.25) is 0 Å². The van der Waals surface area contributed by atoms with Gasteiger partial charge in [0.05, 0.1) is 0 Å². The van der Waals surface area contributed by atoms with Crippen molar-refractivity contribution in [3.05, 3.63) is 0 Å². The van der Waals surface area contributed by atoms with E-state index in [0.717, 1.165) is 18.5 Å². The lowest BCUT2D eigenvalue weighted by Crippen LogP contribution is -2.38. The van der Waals surface area contributed by atoms with Crippen LogP contribution in [-0.4, -0.2) is 36.1 Å². The van der Waals surface area contributed by atoms with Gasteiger partial charge in [0.25, 0.3) is 0 Å². The quantitative estimate of drug-likeness (QED) is 0.668. The van der Waals surface area contributed by atoms with Crippen LogP contribution in [0.5, 0.6) is 0 Å². The third-order valence-electron chi connectivity index (χ3n) is 3.97. The summed E-state index contributed by atoms with van der Waals surface area (Å²) in [6.07, 6.45) is 8.42. The van der Waals surface area contributed by atoms with E-state index < -0.39 is 0 Å². The molecule has 0 atom stereocenters. The maximum Gasteiger partial charge on any atom is 0.00965 e. The average Bonchev–Trinajstić information content (AvgIpc) is 2.78. The van der Waals surface area contributed by atoms with Crippen LogP contribution in [0.1, 0.15) is 73.1 Å². The predicted octanol–water partition coefficient (Wildman–Crippen LogP) is 4.06. The minimum absolute atomic E-state index is 0.267. The van der Waals surface area contributed by atoms with Crippen molar-refractivity contribution in [3.63, 3.8) is 0 Å². The molecule has 2 heteroatoms. The molecule has 19 heavy (non-hydrogen) atoms. The zero-order chi connectivity index (χ0) is 14.3. The lowest BCUT2D eigenvalue weighted by Gasteiger charge is -2.30. The minimum atomic E-state index is 0.267. The minimum Gasteiger partial charge on any atom is -0.312 e. The highest BCUT2D eigenvalue weighted by Gasteiger charge is 2.22. The fourth-order valence-corrected chi connectivity index (χ4v) is 3.06. The summed E-state index contributed by atoms with van der Waals surface area (Å²) in [5.41, 5.74) is 0.267. The van der Waals surface area contributed by atoms with Crippen molar-refractivity contribution in [3.8, 4) is 0 Å². The molecule has 1 aliphatic rings. The third-order valence-corrected chi connectivity index (χ3v) is 3.97. The molecular formula is C17H36N2. The third kappa shape index (κ3) is 7.94. The van der Waals surface area contributed by atoms with Crippen molar-refractivity contribution in [1.29, 1.82) is 0 Å². The second kappa shape index (κ2) is 8.26. The van der Waals surface area contributed by atoms with E-state index >= 15 is 0 Å². The fraction of sp³-hybridized carbons (Fsp3) is 1.00. The molecule has 2 nitrogen and oxygen atoms in total. The van der Waals surface area contributed by atoms with Gasteiger partial charge in [-0.3, -0.25) is 0 Å². The Balaban J connectivity index is 2.21. The maximum absolute atomic E-state index is 3.59. The highest BCUT2D eigenvalue weighted by molar-refractivity contribution is 4.78. The van der Waals surface area contributed by atoms with E-state index in [0.29, 0.717) is 0 Å². The van der Waals surface area contributed by atoms with Gasteiger partial charge in [0.2, 0.25) is 0 Å². The van der Waals surface area contributed by atoms with Crippen LogP contribution in [-0.2, 0) is 0 Å². The van der Waals surface area contributed by atoms with Crippen LogP contribution in [0, 0.1) is 5.92 Å². The highest BCUT2D eigenvalue weighted by atomic mass is 15.2. The second-order valence-corrected chi connectivity index (χ2v) is 7.71. The fourth-order valence-electron chi connectivity index (χ4n) is 3.06. The van der Waals surface area contributed by atoms with Gasteiger partial charge in [-0.1, -0.05) is 26.7 Å². The van der Waals surface area contributed by atoms with Crippen molar-refractivity contribution in [2.45, 2.75) is 84.7 Å². The molecule has 1 fully saturated rings. The van der Waals surface area contributed by atoms with E-state index in [9.17, 15) is 0 Å². The van der Waals surface area contributed by atoms with Gasteiger partial charge in [-0.2, -0.15) is 0 Å². The molecule has 0 unspecified atom stereocenters. The molecule has 0 radical (unpaired) electrons. The monoisotopic (exact) mass is 268 g/mol. The van der Waals surface area contributed by atoms with Crippen LogP contribution in [0.4, 0.5) is 0 Å². The van der Waals surface area contributed by atoms with Gasteiger partial charge in [-0.15, -0.1) is 0 Å². The Morgan fingerprint density at radius 2 is 1.74 bits per heavy atom. The summed E-state index contributed by atoms with van der Waals surface area (Å²) >= 11 is 0. The maximum atomic E-state index is 3.59. The number of unbranched alkanes of at least 4 members (excludes halogenated alkanes) is 1. The molecule has 0 bridgehead atoms. The van der Waals surface area contributed by atoms with Crippen LogP contribution in [0.15, 0.2) is 0 Å². The molecule has 1 N–H and O–H groups in total. The van der Waals surface area contributed by atoms with Crippen molar-refractivity contribution in [2.24, 2.45) is 5.92 Å².